The Bertz CT molecular complexity index is 652. The molecule has 0 fully saturated rings. The summed E-state index contributed by atoms with van der Waals surface area (Å²) in [5, 5.41) is 4.01. The molecule has 0 spiro atoms. The van der Waals surface area contributed by atoms with Crippen molar-refractivity contribution >= 4 is 11.0 Å². The van der Waals surface area contributed by atoms with Crippen LogP contribution in [0.4, 0.5) is 13.2 Å². The van der Waals surface area contributed by atoms with Crippen LogP contribution in [-0.4, -0.2) is 14.8 Å². The predicted molar refractivity (Wildman–Crippen MR) is 60.5 cm³/mol. The number of pyridine rings is 1. The predicted octanol–water partition coefficient (Wildman–Crippen LogP) is 2.63. The molecule has 2 aromatic heterocycles. The van der Waals surface area contributed by atoms with Crippen LogP contribution in [0.5, 0.6) is 0 Å². The van der Waals surface area contributed by atoms with Crippen LogP contribution in [0.25, 0.3) is 11.0 Å². The molecule has 7 heteroatoms. The number of aromatic amines is 1. The van der Waals surface area contributed by atoms with Gasteiger partial charge >= 0.3 is 6.18 Å². The largest absolute Gasteiger partial charge is 0.417 e. The van der Waals surface area contributed by atoms with E-state index >= 15 is 0 Å². The lowest BCUT2D eigenvalue weighted by atomic mass is 10.1. The lowest BCUT2D eigenvalue weighted by Crippen LogP contribution is -2.15. The lowest BCUT2D eigenvalue weighted by Gasteiger charge is -2.09. The molecule has 0 saturated carbocycles. The van der Waals surface area contributed by atoms with E-state index in [1.165, 1.54) is 11.6 Å². The molecule has 2 aromatic rings. The molecule has 0 aromatic carbocycles. The van der Waals surface area contributed by atoms with Crippen LogP contribution in [0.15, 0.2) is 10.9 Å². The Morgan fingerprint density at radius 1 is 1.39 bits per heavy atom. The van der Waals surface area contributed by atoms with E-state index in [1.54, 1.807) is 13.8 Å². The van der Waals surface area contributed by atoms with Crippen molar-refractivity contribution in [3.05, 3.63) is 27.7 Å². The number of rotatable bonds is 1. The molecule has 4 nitrogen and oxygen atoms in total. The highest BCUT2D eigenvalue weighted by atomic mass is 19.4. The fourth-order valence-corrected chi connectivity index (χ4v) is 1.94. The number of aromatic nitrogens is 3. The Hall–Kier alpha value is -1.79. The van der Waals surface area contributed by atoms with E-state index in [0.29, 0.717) is 6.07 Å². The van der Waals surface area contributed by atoms with Gasteiger partial charge in [0.1, 0.15) is 5.65 Å². The summed E-state index contributed by atoms with van der Waals surface area (Å²) in [7, 11) is 0. The van der Waals surface area contributed by atoms with Crippen LogP contribution in [0, 0.1) is 6.92 Å². The molecular formula is C11H12F3N3O. The quantitative estimate of drug-likeness (QED) is 0.855. The number of halogens is 3. The Morgan fingerprint density at radius 3 is 2.50 bits per heavy atom. The van der Waals surface area contributed by atoms with Crippen molar-refractivity contribution in [2.45, 2.75) is 33.0 Å². The topological polar surface area (TPSA) is 50.7 Å². The van der Waals surface area contributed by atoms with Crippen LogP contribution >= 0.6 is 0 Å². The maximum atomic E-state index is 12.9. The molecule has 0 aliphatic rings. The zero-order valence-electron chi connectivity index (χ0n) is 10.1. The van der Waals surface area contributed by atoms with Crippen molar-refractivity contribution in [1.82, 2.24) is 14.8 Å². The zero-order valence-corrected chi connectivity index (χ0v) is 10.1. The number of nitrogens with zero attached hydrogens (tertiary/aromatic N) is 2. The van der Waals surface area contributed by atoms with Gasteiger partial charge in [-0.15, -0.1) is 0 Å². The first-order chi connectivity index (χ1) is 8.21. The van der Waals surface area contributed by atoms with E-state index in [-0.39, 0.29) is 22.8 Å². The molecule has 1 N–H and O–H groups in total. The maximum Gasteiger partial charge on any atom is 0.417 e. The summed E-state index contributed by atoms with van der Waals surface area (Å²) >= 11 is 0. The van der Waals surface area contributed by atoms with Gasteiger partial charge in [-0.2, -0.15) is 18.3 Å². The van der Waals surface area contributed by atoms with Crippen LogP contribution in [0.1, 0.15) is 31.1 Å². The van der Waals surface area contributed by atoms with Gasteiger partial charge in [-0.1, -0.05) is 0 Å². The molecule has 0 saturated heterocycles. The first kappa shape index (κ1) is 12.7. The summed E-state index contributed by atoms with van der Waals surface area (Å²) in [6.45, 7) is 5.06. The molecule has 0 amide bonds. The second kappa shape index (κ2) is 3.86. The fourth-order valence-electron chi connectivity index (χ4n) is 1.94. The minimum Gasteiger partial charge on any atom is -0.307 e. The number of fused-ring (bicyclic) bond motifs is 1. The molecule has 0 unspecified atom stereocenters. The van der Waals surface area contributed by atoms with Gasteiger partial charge in [-0.3, -0.25) is 4.79 Å². The normalized spacial score (nSPS) is 12.6. The molecule has 0 bridgehead atoms. The van der Waals surface area contributed by atoms with Crippen LogP contribution in [0.2, 0.25) is 0 Å². The van der Waals surface area contributed by atoms with Gasteiger partial charge in [0.2, 0.25) is 5.56 Å². The van der Waals surface area contributed by atoms with Crippen molar-refractivity contribution in [2.75, 3.05) is 0 Å². The molecule has 0 aliphatic carbocycles. The van der Waals surface area contributed by atoms with E-state index in [4.69, 9.17) is 0 Å². The molecule has 0 radical (unpaired) electrons. The van der Waals surface area contributed by atoms with Crippen LogP contribution in [0.3, 0.4) is 0 Å². The van der Waals surface area contributed by atoms with E-state index in [1.807, 2.05) is 0 Å². The second-order valence-corrected chi connectivity index (χ2v) is 4.39. The average Bonchev–Trinajstić information content (AvgIpc) is 2.53. The van der Waals surface area contributed by atoms with Crippen LogP contribution in [-0.2, 0) is 6.18 Å². The minimum atomic E-state index is -4.57. The molecular weight excluding hydrogens is 247 g/mol. The summed E-state index contributed by atoms with van der Waals surface area (Å²) in [6, 6.07) is 0.433. The maximum absolute atomic E-state index is 12.9. The van der Waals surface area contributed by atoms with Crippen molar-refractivity contribution in [1.29, 1.82) is 0 Å². The first-order valence-electron chi connectivity index (χ1n) is 5.41. The highest BCUT2D eigenvalue weighted by Gasteiger charge is 2.35. The van der Waals surface area contributed by atoms with Gasteiger partial charge in [0.25, 0.3) is 0 Å². The van der Waals surface area contributed by atoms with Crippen molar-refractivity contribution in [3.63, 3.8) is 0 Å². The lowest BCUT2D eigenvalue weighted by molar-refractivity contribution is -0.136. The number of aryl methyl sites for hydroxylation is 1. The van der Waals surface area contributed by atoms with E-state index in [2.05, 4.69) is 10.1 Å². The van der Waals surface area contributed by atoms with Crippen molar-refractivity contribution in [3.8, 4) is 0 Å². The summed E-state index contributed by atoms with van der Waals surface area (Å²) in [5.74, 6) is 0. The van der Waals surface area contributed by atoms with Gasteiger partial charge in [0.05, 0.1) is 16.6 Å². The third-order valence-corrected chi connectivity index (χ3v) is 2.67. The third kappa shape index (κ3) is 1.89. The SMILES string of the molecule is Cc1nn(C(C)C)c2[nH]c(=O)cc(C(F)(F)F)c12. The summed E-state index contributed by atoms with van der Waals surface area (Å²) < 4.78 is 40.1. The highest BCUT2D eigenvalue weighted by Crippen LogP contribution is 2.35. The molecule has 2 rings (SSSR count). The number of hydrogen-bond donors (Lipinski definition) is 1. The van der Waals surface area contributed by atoms with Gasteiger partial charge in [-0.25, -0.2) is 4.68 Å². The Balaban J connectivity index is 2.94. The van der Waals surface area contributed by atoms with Gasteiger partial charge in [0, 0.05) is 12.1 Å². The number of nitrogens with one attached hydrogen (secondary N) is 1. The standard InChI is InChI=1S/C11H12F3N3O/c1-5(2)17-10-9(6(3)16-17)7(11(12,13)14)4-8(18)15-10/h4-5H,1-3H3,(H,15,18). The number of hydrogen-bond acceptors (Lipinski definition) is 2. The molecule has 98 valence electrons. The third-order valence-electron chi connectivity index (χ3n) is 2.67. The Kier molecular flexibility index (Phi) is 2.71. The average molecular weight is 259 g/mol. The van der Waals surface area contributed by atoms with Gasteiger partial charge in [0.15, 0.2) is 0 Å². The van der Waals surface area contributed by atoms with E-state index < -0.39 is 17.3 Å². The molecule has 0 aliphatic heterocycles. The van der Waals surface area contributed by atoms with Crippen molar-refractivity contribution < 1.29 is 13.2 Å². The molecule has 2 heterocycles. The molecule has 18 heavy (non-hydrogen) atoms. The molecule has 0 atom stereocenters. The number of H-pyrrole nitrogens is 1. The monoisotopic (exact) mass is 259 g/mol. The summed E-state index contributed by atoms with van der Waals surface area (Å²) in [4.78, 5) is 13.8. The van der Waals surface area contributed by atoms with Crippen LogP contribution < -0.4 is 5.56 Å². The summed E-state index contributed by atoms with van der Waals surface area (Å²) in [6.07, 6.45) is -4.57. The second-order valence-electron chi connectivity index (χ2n) is 4.39. The Labute approximate surface area is 100 Å². The van der Waals surface area contributed by atoms with Crippen molar-refractivity contribution in [2.24, 2.45) is 0 Å². The first-order valence-corrected chi connectivity index (χ1v) is 5.41. The number of alkyl halides is 3. The van der Waals surface area contributed by atoms with Gasteiger partial charge in [-0.05, 0) is 20.8 Å². The zero-order chi connectivity index (χ0) is 13.7. The highest BCUT2D eigenvalue weighted by molar-refractivity contribution is 5.82. The Morgan fingerprint density at radius 2 is 2.00 bits per heavy atom. The smallest absolute Gasteiger partial charge is 0.307 e. The minimum absolute atomic E-state index is 0.0456. The fraction of sp³-hybridized carbons (Fsp3) is 0.455. The van der Waals surface area contributed by atoms with E-state index in [0.717, 1.165) is 0 Å². The summed E-state index contributed by atoms with van der Waals surface area (Å²) in [5.41, 5.74) is -1.35. The van der Waals surface area contributed by atoms with Gasteiger partial charge < -0.3 is 4.98 Å². The van der Waals surface area contributed by atoms with E-state index in [9.17, 15) is 18.0 Å².